The quantitative estimate of drug-likeness (QED) is 0.441. The second-order valence-electron chi connectivity index (χ2n) is 5.23. The summed E-state index contributed by atoms with van der Waals surface area (Å²) in [5.74, 6) is -0.0999. The Morgan fingerprint density at radius 1 is 1.00 bits per heavy atom. The number of carbonyl (C=O) groups is 2. The molecule has 0 radical (unpaired) electrons. The van der Waals surface area contributed by atoms with Gasteiger partial charge in [-0.25, -0.2) is 4.79 Å². The fourth-order valence-corrected chi connectivity index (χ4v) is 2.01. The Morgan fingerprint density at radius 2 is 1.67 bits per heavy atom. The minimum atomic E-state index is -0.546. The Labute approximate surface area is 141 Å². The number of benzene rings is 2. The van der Waals surface area contributed by atoms with Crippen LogP contribution in [0.3, 0.4) is 0 Å². The highest BCUT2D eigenvalue weighted by Gasteiger charge is 2.08. The van der Waals surface area contributed by atoms with E-state index in [9.17, 15) is 9.59 Å². The molecule has 0 aromatic heterocycles. The number of ketones is 1. The van der Waals surface area contributed by atoms with Gasteiger partial charge >= 0.3 is 5.97 Å². The standard InChI is InChI=1S/C20H20O4/c1-3-23-18-11-9-17(10-12-18)19(21)14-24-20(22)13-8-16-6-4-15(2)5-7-16/h4-13H,3,14H2,1-2H3/b13-8+. The van der Waals surface area contributed by atoms with Gasteiger partial charge in [-0.1, -0.05) is 29.8 Å². The third-order valence-corrected chi connectivity index (χ3v) is 3.32. The van der Waals surface area contributed by atoms with Crippen LogP contribution in [0, 0.1) is 6.92 Å². The Bertz CT molecular complexity index is 712. The van der Waals surface area contributed by atoms with Gasteiger partial charge in [-0.3, -0.25) is 4.79 Å². The zero-order chi connectivity index (χ0) is 17.4. The predicted molar refractivity (Wildman–Crippen MR) is 93.1 cm³/mol. The lowest BCUT2D eigenvalue weighted by atomic mass is 10.1. The third-order valence-electron chi connectivity index (χ3n) is 3.32. The largest absolute Gasteiger partial charge is 0.494 e. The SMILES string of the molecule is CCOc1ccc(C(=O)COC(=O)/C=C/c2ccc(C)cc2)cc1. The van der Waals surface area contributed by atoms with E-state index in [0.29, 0.717) is 17.9 Å². The van der Waals surface area contributed by atoms with Crippen molar-refractivity contribution in [2.75, 3.05) is 13.2 Å². The minimum absolute atomic E-state index is 0.255. The van der Waals surface area contributed by atoms with Gasteiger partial charge in [0.05, 0.1) is 6.61 Å². The first kappa shape index (κ1) is 17.5. The molecule has 0 N–H and O–H groups in total. The molecule has 0 aliphatic carbocycles. The smallest absolute Gasteiger partial charge is 0.331 e. The van der Waals surface area contributed by atoms with E-state index < -0.39 is 5.97 Å². The maximum absolute atomic E-state index is 12.0. The van der Waals surface area contributed by atoms with E-state index in [2.05, 4.69) is 0 Å². The molecule has 124 valence electrons. The fraction of sp³-hybridized carbons (Fsp3) is 0.200. The lowest BCUT2D eigenvalue weighted by Crippen LogP contribution is -2.12. The van der Waals surface area contributed by atoms with E-state index in [1.807, 2.05) is 38.1 Å². The van der Waals surface area contributed by atoms with E-state index in [0.717, 1.165) is 11.1 Å². The van der Waals surface area contributed by atoms with Crippen molar-refractivity contribution in [2.45, 2.75) is 13.8 Å². The van der Waals surface area contributed by atoms with Crippen LogP contribution in [0.5, 0.6) is 5.75 Å². The van der Waals surface area contributed by atoms with E-state index in [4.69, 9.17) is 9.47 Å². The number of Topliss-reactive ketones (excluding diaryl/α,β-unsaturated/α-hetero) is 1. The van der Waals surface area contributed by atoms with Gasteiger partial charge in [-0.05, 0) is 49.8 Å². The summed E-state index contributed by atoms with van der Waals surface area (Å²) in [5, 5.41) is 0. The topological polar surface area (TPSA) is 52.6 Å². The highest BCUT2D eigenvalue weighted by molar-refractivity contribution is 5.99. The average Bonchev–Trinajstić information content (AvgIpc) is 2.60. The molecule has 0 unspecified atom stereocenters. The number of carbonyl (C=O) groups excluding carboxylic acids is 2. The summed E-state index contributed by atoms with van der Waals surface area (Å²) in [4.78, 5) is 23.7. The molecule has 2 rings (SSSR count). The van der Waals surface area contributed by atoms with Crippen molar-refractivity contribution in [3.05, 3.63) is 71.3 Å². The number of esters is 1. The van der Waals surface area contributed by atoms with E-state index in [1.54, 1.807) is 30.3 Å². The van der Waals surface area contributed by atoms with Gasteiger partial charge in [0.2, 0.25) is 0 Å². The number of rotatable bonds is 7. The van der Waals surface area contributed by atoms with Crippen LogP contribution in [0.1, 0.15) is 28.4 Å². The second-order valence-corrected chi connectivity index (χ2v) is 5.23. The van der Waals surface area contributed by atoms with Gasteiger partial charge in [0, 0.05) is 11.6 Å². The number of ether oxygens (including phenoxy) is 2. The van der Waals surface area contributed by atoms with Crippen molar-refractivity contribution in [3.8, 4) is 5.75 Å². The fourth-order valence-electron chi connectivity index (χ4n) is 2.01. The molecule has 0 bridgehead atoms. The summed E-state index contributed by atoms with van der Waals surface area (Å²) in [6, 6.07) is 14.5. The van der Waals surface area contributed by atoms with Gasteiger partial charge in [0.1, 0.15) is 5.75 Å². The van der Waals surface area contributed by atoms with Crippen molar-refractivity contribution < 1.29 is 19.1 Å². The van der Waals surface area contributed by atoms with Gasteiger partial charge < -0.3 is 9.47 Å². The molecular weight excluding hydrogens is 304 g/mol. The number of hydrogen-bond donors (Lipinski definition) is 0. The molecule has 0 atom stereocenters. The maximum Gasteiger partial charge on any atom is 0.331 e. The molecule has 0 fully saturated rings. The molecule has 2 aromatic rings. The zero-order valence-corrected chi connectivity index (χ0v) is 13.8. The molecule has 0 spiro atoms. The van der Waals surface area contributed by atoms with Gasteiger partial charge in [0.25, 0.3) is 0 Å². The zero-order valence-electron chi connectivity index (χ0n) is 13.8. The first-order valence-electron chi connectivity index (χ1n) is 7.76. The molecule has 0 amide bonds. The summed E-state index contributed by atoms with van der Waals surface area (Å²) < 4.78 is 10.3. The molecule has 0 aliphatic rings. The molecule has 24 heavy (non-hydrogen) atoms. The Hall–Kier alpha value is -2.88. The Morgan fingerprint density at radius 3 is 2.29 bits per heavy atom. The summed E-state index contributed by atoms with van der Waals surface area (Å²) in [6.07, 6.45) is 2.97. The highest BCUT2D eigenvalue weighted by Crippen LogP contribution is 2.12. The van der Waals surface area contributed by atoms with Crippen LogP contribution in [-0.4, -0.2) is 25.0 Å². The normalized spacial score (nSPS) is 10.6. The summed E-state index contributed by atoms with van der Waals surface area (Å²) in [5.41, 5.74) is 2.53. The molecule has 0 heterocycles. The lowest BCUT2D eigenvalue weighted by Gasteiger charge is -2.05. The van der Waals surface area contributed by atoms with Crippen LogP contribution in [0.25, 0.3) is 6.08 Å². The molecule has 0 aliphatic heterocycles. The van der Waals surface area contributed by atoms with Gasteiger partial charge in [-0.15, -0.1) is 0 Å². The van der Waals surface area contributed by atoms with Crippen molar-refractivity contribution in [3.63, 3.8) is 0 Å². The van der Waals surface area contributed by atoms with Crippen LogP contribution in [0.2, 0.25) is 0 Å². The molecule has 4 nitrogen and oxygen atoms in total. The monoisotopic (exact) mass is 324 g/mol. The third kappa shape index (κ3) is 5.39. The van der Waals surface area contributed by atoms with Crippen molar-refractivity contribution in [1.29, 1.82) is 0 Å². The first-order chi connectivity index (χ1) is 11.6. The van der Waals surface area contributed by atoms with Crippen molar-refractivity contribution >= 4 is 17.8 Å². The number of hydrogen-bond acceptors (Lipinski definition) is 4. The van der Waals surface area contributed by atoms with Crippen molar-refractivity contribution in [1.82, 2.24) is 0 Å². The molecular formula is C20H20O4. The summed E-state index contributed by atoms with van der Waals surface area (Å²) in [7, 11) is 0. The Balaban J connectivity index is 1.84. The lowest BCUT2D eigenvalue weighted by molar-refractivity contribution is -0.136. The molecule has 4 heteroatoms. The average molecular weight is 324 g/mol. The van der Waals surface area contributed by atoms with Crippen molar-refractivity contribution in [2.24, 2.45) is 0 Å². The van der Waals surface area contributed by atoms with Gasteiger partial charge in [0.15, 0.2) is 12.4 Å². The second kappa shape index (κ2) is 8.67. The van der Waals surface area contributed by atoms with E-state index in [-0.39, 0.29) is 12.4 Å². The summed E-state index contributed by atoms with van der Waals surface area (Å²) in [6.45, 7) is 4.17. The molecule has 0 saturated carbocycles. The minimum Gasteiger partial charge on any atom is -0.494 e. The van der Waals surface area contributed by atoms with Crippen LogP contribution >= 0.6 is 0 Å². The van der Waals surface area contributed by atoms with Crippen LogP contribution in [-0.2, 0) is 9.53 Å². The highest BCUT2D eigenvalue weighted by atomic mass is 16.5. The van der Waals surface area contributed by atoms with Crippen LogP contribution in [0.4, 0.5) is 0 Å². The Kier molecular flexibility index (Phi) is 6.32. The molecule has 0 saturated heterocycles. The first-order valence-corrected chi connectivity index (χ1v) is 7.76. The van der Waals surface area contributed by atoms with Crippen LogP contribution < -0.4 is 4.74 Å². The number of aryl methyl sites for hydroxylation is 1. The predicted octanol–water partition coefficient (Wildman–Crippen LogP) is 3.83. The molecule has 2 aromatic carbocycles. The maximum atomic E-state index is 12.0. The van der Waals surface area contributed by atoms with Gasteiger partial charge in [-0.2, -0.15) is 0 Å². The van der Waals surface area contributed by atoms with Crippen LogP contribution in [0.15, 0.2) is 54.6 Å². The summed E-state index contributed by atoms with van der Waals surface area (Å²) >= 11 is 0. The van der Waals surface area contributed by atoms with E-state index in [1.165, 1.54) is 6.08 Å². The van der Waals surface area contributed by atoms with E-state index >= 15 is 0 Å².